The number of thiophene rings is 1. The van der Waals surface area contributed by atoms with Crippen LogP contribution in [-0.4, -0.2) is 11.1 Å². The summed E-state index contributed by atoms with van der Waals surface area (Å²) in [6, 6.07) is 1.93. The number of carboxylic acid groups (broad SMARTS) is 1. The van der Waals surface area contributed by atoms with E-state index in [4.69, 9.17) is 5.11 Å². The fourth-order valence-corrected chi connectivity index (χ4v) is 3.32. The first-order chi connectivity index (χ1) is 6.91. The molecule has 0 saturated heterocycles. The molecule has 15 heavy (non-hydrogen) atoms. The molecular formula is C11H15BrO2S. The fraction of sp³-hybridized carbons (Fsp3) is 0.545. The van der Waals surface area contributed by atoms with E-state index in [0.717, 1.165) is 15.8 Å². The highest BCUT2D eigenvalue weighted by Gasteiger charge is 2.19. The van der Waals surface area contributed by atoms with Crippen LogP contribution in [-0.2, 0) is 0 Å². The van der Waals surface area contributed by atoms with Gasteiger partial charge < -0.3 is 5.11 Å². The maximum absolute atomic E-state index is 11.0. The van der Waals surface area contributed by atoms with Crippen molar-refractivity contribution in [2.75, 3.05) is 0 Å². The van der Waals surface area contributed by atoms with Crippen LogP contribution in [0.25, 0.3) is 0 Å². The number of hydrogen-bond acceptors (Lipinski definition) is 2. The molecule has 2 nitrogen and oxygen atoms in total. The zero-order chi connectivity index (χ0) is 11.6. The lowest BCUT2D eigenvalue weighted by Gasteiger charge is -2.13. The lowest BCUT2D eigenvalue weighted by atomic mass is 9.92. The number of hydrogen-bond donors (Lipinski definition) is 1. The molecule has 1 rings (SSSR count). The maximum Gasteiger partial charge on any atom is 0.346 e. The Hall–Kier alpha value is -0.350. The van der Waals surface area contributed by atoms with E-state index in [1.165, 1.54) is 11.3 Å². The van der Waals surface area contributed by atoms with Crippen LogP contribution in [0.2, 0.25) is 0 Å². The summed E-state index contributed by atoms with van der Waals surface area (Å²) in [5.74, 6) is 0.0651. The van der Waals surface area contributed by atoms with Crippen molar-refractivity contribution in [3.63, 3.8) is 0 Å². The average molecular weight is 291 g/mol. The van der Waals surface area contributed by atoms with Gasteiger partial charge in [0.25, 0.3) is 0 Å². The van der Waals surface area contributed by atoms with Gasteiger partial charge in [0.2, 0.25) is 0 Å². The minimum atomic E-state index is -0.823. The van der Waals surface area contributed by atoms with Gasteiger partial charge in [0.1, 0.15) is 4.88 Å². The second-order valence-electron chi connectivity index (χ2n) is 4.17. The van der Waals surface area contributed by atoms with E-state index in [1.54, 1.807) is 0 Å². The van der Waals surface area contributed by atoms with Crippen molar-refractivity contribution in [2.24, 2.45) is 5.92 Å². The Kier molecular flexibility index (Phi) is 4.34. The zero-order valence-corrected chi connectivity index (χ0v) is 11.5. The highest BCUT2D eigenvalue weighted by atomic mass is 79.9. The van der Waals surface area contributed by atoms with Crippen LogP contribution in [0.3, 0.4) is 0 Å². The molecule has 0 radical (unpaired) electrons. The van der Waals surface area contributed by atoms with Crippen LogP contribution in [0.4, 0.5) is 0 Å². The molecule has 1 heterocycles. The Morgan fingerprint density at radius 3 is 2.60 bits per heavy atom. The first kappa shape index (κ1) is 12.7. The molecule has 0 aliphatic carbocycles. The first-order valence-electron chi connectivity index (χ1n) is 4.94. The number of carbonyl (C=O) groups is 1. The van der Waals surface area contributed by atoms with Gasteiger partial charge >= 0.3 is 5.97 Å². The Morgan fingerprint density at radius 2 is 2.13 bits per heavy atom. The normalized spacial score (nSPS) is 13.1. The Balaban J connectivity index is 2.96. The summed E-state index contributed by atoms with van der Waals surface area (Å²) in [5.41, 5.74) is 0.952. The van der Waals surface area contributed by atoms with E-state index < -0.39 is 5.97 Å². The summed E-state index contributed by atoms with van der Waals surface area (Å²) < 4.78 is 0.894. The second-order valence-corrected chi connectivity index (χ2v) is 6.60. The highest BCUT2D eigenvalue weighted by Crippen LogP contribution is 2.34. The summed E-state index contributed by atoms with van der Waals surface area (Å²) >= 11 is 4.64. The molecule has 1 atom stereocenters. The standard InChI is InChI=1S/C11H15BrO2S/c1-6(2)4-7(3)8-5-9(12)15-10(8)11(13)14/h5-7H,4H2,1-3H3,(H,13,14). The number of halogens is 1. The van der Waals surface area contributed by atoms with Crippen LogP contribution in [0.1, 0.15) is 48.3 Å². The molecule has 1 aromatic heterocycles. The fourth-order valence-electron chi connectivity index (χ4n) is 1.74. The van der Waals surface area contributed by atoms with Gasteiger partial charge in [-0.3, -0.25) is 0 Å². The van der Waals surface area contributed by atoms with Crippen LogP contribution in [0.5, 0.6) is 0 Å². The molecule has 1 aromatic rings. The molecule has 0 aromatic carbocycles. The van der Waals surface area contributed by atoms with Crippen molar-refractivity contribution in [1.29, 1.82) is 0 Å². The third kappa shape index (κ3) is 3.31. The molecule has 0 amide bonds. The van der Waals surface area contributed by atoms with Crippen molar-refractivity contribution in [3.05, 3.63) is 20.3 Å². The van der Waals surface area contributed by atoms with E-state index in [2.05, 4.69) is 36.7 Å². The lowest BCUT2D eigenvalue weighted by Crippen LogP contribution is -2.03. The second kappa shape index (κ2) is 5.12. The van der Waals surface area contributed by atoms with Gasteiger partial charge in [-0.2, -0.15) is 0 Å². The van der Waals surface area contributed by atoms with Gasteiger partial charge in [-0.25, -0.2) is 4.79 Å². The smallest absolute Gasteiger partial charge is 0.346 e. The van der Waals surface area contributed by atoms with E-state index in [-0.39, 0.29) is 0 Å². The molecule has 0 saturated carbocycles. The summed E-state index contributed by atoms with van der Waals surface area (Å²) in [7, 11) is 0. The van der Waals surface area contributed by atoms with Gasteiger partial charge in [-0.15, -0.1) is 11.3 Å². The van der Waals surface area contributed by atoms with Crippen molar-refractivity contribution in [2.45, 2.75) is 33.1 Å². The Morgan fingerprint density at radius 1 is 1.53 bits per heavy atom. The molecule has 0 aliphatic heterocycles. The monoisotopic (exact) mass is 290 g/mol. The van der Waals surface area contributed by atoms with Crippen LogP contribution < -0.4 is 0 Å². The number of rotatable bonds is 4. The Labute approximate surface area is 102 Å². The lowest BCUT2D eigenvalue weighted by molar-refractivity contribution is 0.0700. The predicted octanol–water partition coefficient (Wildman–Crippen LogP) is 4.36. The van der Waals surface area contributed by atoms with Gasteiger partial charge in [-0.05, 0) is 45.8 Å². The van der Waals surface area contributed by atoms with Gasteiger partial charge in [0.15, 0.2) is 0 Å². The number of aromatic carboxylic acids is 1. The molecule has 0 aliphatic rings. The predicted molar refractivity (Wildman–Crippen MR) is 66.8 cm³/mol. The zero-order valence-electron chi connectivity index (χ0n) is 9.08. The van der Waals surface area contributed by atoms with Gasteiger partial charge in [-0.1, -0.05) is 20.8 Å². The summed E-state index contributed by atoms with van der Waals surface area (Å²) in [4.78, 5) is 11.5. The molecule has 0 spiro atoms. The maximum atomic E-state index is 11.0. The minimum absolute atomic E-state index is 0.304. The summed E-state index contributed by atoms with van der Waals surface area (Å²) in [6.45, 7) is 6.39. The van der Waals surface area contributed by atoms with Crippen molar-refractivity contribution in [3.8, 4) is 0 Å². The van der Waals surface area contributed by atoms with Crippen molar-refractivity contribution >= 4 is 33.2 Å². The van der Waals surface area contributed by atoms with E-state index in [0.29, 0.717) is 16.7 Å². The van der Waals surface area contributed by atoms with Crippen molar-refractivity contribution < 1.29 is 9.90 Å². The average Bonchev–Trinajstić information content (AvgIpc) is 2.46. The quantitative estimate of drug-likeness (QED) is 0.895. The molecular weight excluding hydrogens is 276 g/mol. The van der Waals surface area contributed by atoms with E-state index in [1.807, 2.05) is 6.07 Å². The third-order valence-electron chi connectivity index (χ3n) is 2.28. The molecule has 4 heteroatoms. The topological polar surface area (TPSA) is 37.3 Å². The van der Waals surface area contributed by atoms with Crippen LogP contribution in [0.15, 0.2) is 9.85 Å². The highest BCUT2D eigenvalue weighted by molar-refractivity contribution is 9.11. The number of carboxylic acids is 1. The summed E-state index contributed by atoms with van der Waals surface area (Å²) in [6.07, 6.45) is 1.02. The van der Waals surface area contributed by atoms with Crippen LogP contribution in [0, 0.1) is 5.92 Å². The molecule has 1 N–H and O–H groups in total. The first-order valence-corrected chi connectivity index (χ1v) is 6.55. The third-order valence-corrected chi connectivity index (χ3v) is 3.92. The largest absolute Gasteiger partial charge is 0.477 e. The molecule has 84 valence electrons. The minimum Gasteiger partial charge on any atom is -0.477 e. The summed E-state index contributed by atoms with van der Waals surface area (Å²) in [5, 5.41) is 9.05. The van der Waals surface area contributed by atoms with Gasteiger partial charge in [0.05, 0.1) is 3.79 Å². The van der Waals surface area contributed by atoms with Crippen LogP contribution >= 0.6 is 27.3 Å². The van der Waals surface area contributed by atoms with Gasteiger partial charge in [0, 0.05) is 0 Å². The molecule has 1 unspecified atom stereocenters. The van der Waals surface area contributed by atoms with E-state index >= 15 is 0 Å². The Bertz CT molecular complexity index is 357. The van der Waals surface area contributed by atoms with Crippen molar-refractivity contribution in [1.82, 2.24) is 0 Å². The van der Waals surface area contributed by atoms with E-state index in [9.17, 15) is 4.79 Å². The molecule has 0 bridgehead atoms. The molecule has 0 fully saturated rings. The SMILES string of the molecule is CC(C)CC(C)c1cc(Br)sc1C(=O)O.